The van der Waals surface area contributed by atoms with Gasteiger partial charge in [-0.25, -0.2) is 8.42 Å². The van der Waals surface area contributed by atoms with E-state index in [1.54, 1.807) is 25.1 Å². The van der Waals surface area contributed by atoms with Crippen molar-refractivity contribution in [2.45, 2.75) is 11.8 Å². The van der Waals surface area contributed by atoms with Gasteiger partial charge >= 0.3 is 0 Å². The number of aryl methyl sites for hydroxylation is 1. The second-order valence-electron chi connectivity index (χ2n) is 4.34. The van der Waals surface area contributed by atoms with Crippen molar-refractivity contribution in [2.75, 3.05) is 10.5 Å². The molecule has 0 bridgehead atoms. The zero-order valence-electron chi connectivity index (χ0n) is 10.8. The number of hydrogen-bond donors (Lipinski definition) is 2. The highest BCUT2D eigenvalue weighted by molar-refractivity contribution is 9.10. The number of sulfonamides is 1. The molecule has 2 rings (SSSR count). The lowest BCUT2D eigenvalue weighted by atomic mass is 10.2. The van der Waals surface area contributed by atoms with Crippen molar-refractivity contribution in [3.63, 3.8) is 0 Å². The van der Waals surface area contributed by atoms with E-state index in [4.69, 9.17) is 28.9 Å². The minimum atomic E-state index is -3.89. The molecular formula is C13H11BrCl2N2O2S. The van der Waals surface area contributed by atoms with Crippen LogP contribution in [0.5, 0.6) is 0 Å². The normalized spacial score (nSPS) is 11.4. The molecule has 0 atom stereocenters. The summed E-state index contributed by atoms with van der Waals surface area (Å²) in [5.74, 6) is 0. The van der Waals surface area contributed by atoms with E-state index < -0.39 is 10.0 Å². The Morgan fingerprint density at radius 2 is 1.86 bits per heavy atom. The highest BCUT2D eigenvalue weighted by atomic mass is 79.9. The van der Waals surface area contributed by atoms with Gasteiger partial charge in [-0.2, -0.15) is 0 Å². The van der Waals surface area contributed by atoms with Crippen LogP contribution in [0.25, 0.3) is 0 Å². The van der Waals surface area contributed by atoms with E-state index >= 15 is 0 Å². The maximum absolute atomic E-state index is 12.4. The van der Waals surface area contributed by atoms with Crippen LogP contribution in [0.15, 0.2) is 39.7 Å². The lowest BCUT2D eigenvalue weighted by molar-refractivity contribution is 0.601. The van der Waals surface area contributed by atoms with E-state index in [1.807, 2.05) is 0 Å². The summed E-state index contributed by atoms with van der Waals surface area (Å²) in [6.45, 7) is 1.75. The molecule has 8 heteroatoms. The van der Waals surface area contributed by atoms with Crippen LogP contribution in [-0.4, -0.2) is 8.42 Å². The molecule has 4 nitrogen and oxygen atoms in total. The molecule has 0 aromatic heterocycles. The van der Waals surface area contributed by atoms with Crippen molar-refractivity contribution >= 4 is 60.5 Å². The predicted octanol–water partition coefficient (Wildman–Crippen LogP) is 4.45. The van der Waals surface area contributed by atoms with Crippen molar-refractivity contribution in [3.05, 3.63) is 50.4 Å². The first-order valence-electron chi connectivity index (χ1n) is 5.75. The van der Waals surface area contributed by atoms with Crippen LogP contribution in [0.4, 0.5) is 11.4 Å². The van der Waals surface area contributed by atoms with E-state index in [2.05, 4.69) is 20.7 Å². The molecule has 0 aliphatic heterocycles. The Bertz CT molecular complexity index is 810. The molecule has 21 heavy (non-hydrogen) atoms. The topological polar surface area (TPSA) is 72.2 Å². The number of rotatable bonds is 3. The molecule has 0 fully saturated rings. The Hall–Kier alpha value is -0.950. The number of benzene rings is 2. The number of nitrogens with two attached hydrogens (primary N) is 1. The second-order valence-corrected chi connectivity index (χ2v) is 7.69. The van der Waals surface area contributed by atoms with Crippen molar-refractivity contribution in [3.8, 4) is 0 Å². The quantitative estimate of drug-likeness (QED) is 0.735. The number of anilines is 2. The molecule has 112 valence electrons. The molecule has 0 aliphatic carbocycles. The Morgan fingerprint density at radius 3 is 2.48 bits per heavy atom. The highest BCUT2D eigenvalue weighted by Gasteiger charge is 2.21. The average molecular weight is 410 g/mol. The summed E-state index contributed by atoms with van der Waals surface area (Å²) in [5.41, 5.74) is 6.72. The van der Waals surface area contributed by atoms with Crippen LogP contribution in [0, 0.1) is 6.92 Å². The molecule has 0 spiro atoms. The zero-order chi connectivity index (χ0) is 15.8. The van der Waals surface area contributed by atoms with E-state index in [9.17, 15) is 8.42 Å². The van der Waals surface area contributed by atoms with E-state index in [0.29, 0.717) is 10.0 Å². The third-order valence-corrected chi connectivity index (χ3v) is 5.50. The first-order chi connectivity index (χ1) is 9.72. The first-order valence-corrected chi connectivity index (χ1v) is 8.78. The van der Waals surface area contributed by atoms with E-state index in [-0.39, 0.29) is 26.3 Å². The molecule has 0 radical (unpaired) electrons. The SMILES string of the molecule is Cc1ccc(Cl)c(NS(=O)(=O)c2ccc(Br)cc2N)c1Cl. The van der Waals surface area contributed by atoms with Gasteiger partial charge < -0.3 is 5.73 Å². The van der Waals surface area contributed by atoms with E-state index in [0.717, 1.165) is 0 Å². The van der Waals surface area contributed by atoms with Crippen molar-refractivity contribution < 1.29 is 8.42 Å². The summed E-state index contributed by atoms with van der Waals surface area (Å²) < 4.78 is 27.9. The van der Waals surface area contributed by atoms with Crippen molar-refractivity contribution in [1.82, 2.24) is 0 Å². The fourth-order valence-corrected chi connectivity index (χ4v) is 3.87. The summed E-state index contributed by atoms with van der Waals surface area (Å²) in [6, 6.07) is 7.78. The predicted molar refractivity (Wildman–Crippen MR) is 90.6 cm³/mol. The van der Waals surface area contributed by atoms with Crippen LogP contribution in [0.2, 0.25) is 10.0 Å². The summed E-state index contributed by atoms with van der Waals surface area (Å²) >= 11 is 15.3. The van der Waals surface area contributed by atoms with Gasteiger partial charge in [-0.05, 0) is 36.8 Å². The number of nitrogen functional groups attached to an aromatic ring is 1. The zero-order valence-corrected chi connectivity index (χ0v) is 14.7. The van der Waals surface area contributed by atoms with Crippen LogP contribution in [0.1, 0.15) is 5.56 Å². The Kier molecular flexibility index (Phi) is 4.72. The maximum atomic E-state index is 12.4. The smallest absolute Gasteiger partial charge is 0.264 e. The van der Waals surface area contributed by atoms with Gasteiger partial charge in [0.05, 0.1) is 21.4 Å². The highest BCUT2D eigenvalue weighted by Crippen LogP contribution is 2.35. The third kappa shape index (κ3) is 3.45. The molecule has 2 aromatic rings. The summed E-state index contributed by atoms with van der Waals surface area (Å²) in [5, 5.41) is 0.464. The standard InChI is InChI=1S/C13H11BrCl2N2O2S/c1-7-2-4-9(15)13(12(7)16)18-21(19,20)11-5-3-8(14)6-10(11)17/h2-6,18H,17H2,1H3. The van der Waals surface area contributed by atoms with Crippen LogP contribution < -0.4 is 10.5 Å². The summed E-state index contributed by atoms with van der Waals surface area (Å²) in [6.07, 6.45) is 0. The van der Waals surface area contributed by atoms with Gasteiger partial charge in [-0.3, -0.25) is 4.72 Å². The van der Waals surface area contributed by atoms with Crippen molar-refractivity contribution in [2.24, 2.45) is 0 Å². The Labute approximate surface area is 141 Å². The fraction of sp³-hybridized carbons (Fsp3) is 0.0769. The lowest BCUT2D eigenvalue weighted by Crippen LogP contribution is -2.15. The van der Waals surface area contributed by atoms with Crippen LogP contribution in [-0.2, 0) is 10.0 Å². The number of hydrogen-bond acceptors (Lipinski definition) is 3. The maximum Gasteiger partial charge on any atom is 0.264 e. The molecule has 0 unspecified atom stereocenters. The van der Waals surface area contributed by atoms with Gasteiger partial charge in [0.15, 0.2) is 0 Å². The monoisotopic (exact) mass is 408 g/mol. The molecule has 0 saturated carbocycles. The van der Waals surface area contributed by atoms with Crippen LogP contribution in [0.3, 0.4) is 0 Å². The van der Waals surface area contributed by atoms with Gasteiger partial charge in [0, 0.05) is 4.47 Å². The number of halogens is 3. The lowest BCUT2D eigenvalue weighted by Gasteiger charge is -2.14. The Morgan fingerprint density at radius 1 is 1.19 bits per heavy atom. The van der Waals surface area contributed by atoms with Crippen molar-refractivity contribution in [1.29, 1.82) is 0 Å². The summed E-state index contributed by atoms with van der Waals surface area (Å²) in [7, 11) is -3.89. The third-order valence-electron chi connectivity index (χ3n) is 2.78. The fourth-order valence-electron chi connectivity index (χ4n) is 1.70. The molecular weight excluding hydrogens is 399 g/mol. The van der Waals surface area contributed by atoms with Gasteiger partial charge in [0.25, 0.3) is 10.0 Å². The second kappa shape index (κ2) is 6.04. The molecule has 0 aliphatic rings. The van der Waals surface area contributed by atoms with Gasteiger partial charge in [0.2, 0.25) is 0 Å². The minimum Gasteiger partial charge on any atom is -0.398 e. The van der Waals surface area contributed by atoms with Gasteiger partial charge in [0.1, 0.15) is 4.90 Å². The molecule has 0 amide bonds. The molecule has 0 saturated heterocycles. The van der Waals surface area contributed by atoms with Gasteiger partial charge in [-0.1, -0.05) is 45.2 Å². The minimum absolute atomic E-state index is 0.0423. The molecule has 2 aromatic carbocycles. The molecule has 3 N–H and O–H groups in total. The average Bonchev–Trinajstić information content (AvgIpc) is 2.39. The first kappa shape index (κ1) is 16.4. The largest absolute Gasteiger partial charge is 0.398 e. The number of nitrogens with one attached hydrogen (secondary N) is 1. The van der Waals surface area contributed by atoms with Crippen LogP contribution >= 0.6 is 39.1 Å². The van der Waals surface area contributed by atoms with Gasteiger partial charge in [-0.15, -0.1) is 0 Å². The summed E-state index contributed by atoms with van der Waals surface area (Å²) in [4.78, 5) is -0.0423. The van der Waals surface area contributed by atoms with E-state index in [1.165, 1.54) is 12.1 Å². The Balaban J connectivity index is 2.50. The molecule has 0 heterocycles.